The maximum absolute atomic E-state index is 12.5. The Hall–Kier alpha value is -1.05. The van der Waals surface area contributed by atoms with E-state index in [1.165, 1.54) is 4.88 Å². The molecule has 0 aliphatic carbocycles. The molecule has 1 aliphatic heterocycles. The van der Waals surface area contributed by atoms with E-state index in [0.717, 1.165) is 22.7 Å². The van der Waals surface area contributed by atoms with Crippen LogP contribution in [-0.2, 0) is 16.9 Å². The maximum atomic E-state index is 12.5. The summed E-state index contributed by atoms with van der Waals surface area (Å²) in [5.74, 6) is 0.634. The third kappa shape index (κ3) is 4.49. The quantitative estimate of drug-likeness (QED) is 0.465. The van der Waals surface area contributed by atoms with Crippen LogP contribution >= 0.6 is 35.3 Å². The van der Waals surface area contributed by atoms with Crippen molar-refractivity contribution in [3.8, 4) is 0 Å². The monoisotopic (exact) mass is 370 g/mol. The number of thioether (sulfide) groups is 1. The number of ether oxygens (including phenoxy) is 1. The molecule has 0 spiro atoms. The van der Waals surface area contributed by atoms with Gasteiger partial charge in [0.15, 0.2) is 5.11 Å². The standard InChI is InChI=1S/C16H22N2O2S3/c1-5-7-17-15(21)18-13-12(14(19)20-6-2)10-8-16(3,4)22-9-11(10)23-13/h5H,1,6-9H2,2-4H3,(H2,17,18,21). The highest BCUT2D eigenvalue weighted by Gasteiger charge is 2.33. The molecule has 0 amide bonds. The molecule has 2 heterocycles. The fraction of sp³-hybridized carbons (Fsp3) is 0.500. The average molecular weight is 371 g/mol. The van der Waals surface area contributed by atoms with Crippen LogP contribution in [0.25, 0.3) is 0 Å². The normalized spacial score (nSPS) is 15.4. The highest BCUT2D eigenvalue weighted by Crippen LogP contribution is 2.46. The Morgan fingerprint density at radius 2 is 2.26 bits per heavy atom. The largest absolute Gasteiger partial charge is 0.462 e. The minimum atomic E-state index is -0.276. The summed E-state index contributed by atoms with van der Waals surface area (Å²) in [7, 11) is 0. The molecule has 0 saturated carbocycles. The van der Waals surface area contributed by atoms with E-state index < -0.39 is 0 Å². The van der Waals surface area contributed by atoms with Crippen molar-refractivity contribution in [2.45, 2.75) is 37.7 Å². The molecule has 4 nitrogen and oxygen atoms in total. The molecular weight excluding hydrogens is 348 g/mol. The van der Waals surface area contributed by atoms with Gasteiger partial charge < -0.3 is 15.4 Å². The lowest BCUT2D eigenvalue weighted by Gasteiger charge is -2.29. The molecule has 0 saturated heterocycles. The number of hydrogen-bond acceptors (Lipinski definition) is 5. The molecule has 126 valence electrons. The molecule has 0 fully saturated rings. The molecule has 2 rings (SSSR count). The molecule has 1 aromatic heterocycles. The Morgan fingerprint density at radius 3 is 2.91 bits per heavy atom. The van der Waals surface area contributed by atoms with Crippen LogP contribution in [0.15, 0.2) is 12.7 Å². The van der Waals surface area contributed by atoms with Gasteiger partial charge in [-0.25, -0.2) is 4.79 Å². The lowest BCUT2D eigenvalue weighted by atomic mass is 9.98. The van der Waals surface area contributed by atoms with E-state index in [1.807, 2.05) is 18.7 Å². The molecule has 1 aliphatic rings. The van der Waals surface area contributed by atoms with Crippen molar-refractivity contribution in [1.82, 2.24) is 5.32 Å². The Balaban J connectivity index is 2.34. The number of hydrogen-bond donors (Lipinski definition) is 2. The Morgan fingerprint density at radius 1 is 1.52 bits per heavy atom. The first-order valence-corrected chi connectivity index (χ1v) is 9.70. The number of nitrogens with one attached hydrogen (secondary N) is 2. The van der Waals surface area contributed by atoms with Gasteiger partial charge in [-0.05, 0) is 31.1 Å². The molecule has 0 unspecified atom stereocenters. The van der Waals surface area contributed by atoms with E-state index in [9.17, 15) is 4.79 Å². The summed E-state index contributed by atoms with van der Waals surface area (Å²) in [5, 5.41) is 7.44. The summed E-state index contributed by atoms with van der Waals surface area (Å²) in [6.45, 7) is 10.8. The first-order chi connectivity index (χ1) is 10.9. The van der Waals surface area contributed by atoms with Gasteiger partial charge in [0, 0.05) is 21.9 Å². The van der Waals surface area contributed by atoms with Gasteiger partial charge in [0.25, 0.3) is 0 Å². The molecule has 2 N–H and O–H groups in total. The maximum Gasteiger partial charge on any atom is 0.341 e. The molecule has 0 atom stereocenters. The lowest BCUT2D eigenvalue weighted by molar-refractivity contribution is 0.0526. The predicted molar refractivity (Wildman–Crippen MR) is 104 cm³/mol. The zero-order valence-electron chi connectivity index (χ0n) is 13.7. The first-order valence-electron chi connectivity index (χ1n) is 7.49. The number of thiophene rings is 1. The molecular formula is C16H22N2O2S3. The van der Waals surface area contributed by atoms with Crippen LogP contribution in [0.3, 0.4) is 0 Å². The van der Waals surface area contributed by atoms with Gasteiger partial charge in [-0.15, -0.1) is 29.7 Å². The number of fused-ring (bicyclic) bond motifs is 1. The van der Waals surface area contributed by atoms with E-state index in [4.69, 9.17) is 17.0 Å². The van der Waals surface area contributed by atoms with Gasteiger partial charge in [0.2, 0.25) is 0 Å². The molecule has 0 radical (unpaired) electrons. The lowest BCUT2D eigenvalue weighted by Crippen LogP contribution is -2.29. The van der Waals surface area contributed by atoms with Crippen molar-refractivity contribution < 1.29 is 9.53 Å². The Labute approximate surface area is 151 Å². The summed E-state index contributed by atoms with van der Waals surface area (Å²) >= 11 is 8.78. The van der Waals surface area contributed by atoms with E-state index >= 15 is 0 Å². The minimum absolute atomic E-state index is 0.119. The molecule has 0 aromatic carbocycles. The highest BCUT2D eigenvalue weighted by molar-refractivity contribution is 8.00. The van der Waals surface area contributed by atoms with Crippen molar-refractivity contribution in [3.05, 3.63) is 28.7 Å². The second kappa shape index (κ2) is 7.68. The zero-order valence-corrected chi connectivity index (χ0v) is 16.1. The first kappa shape index (κ1) is 18.3. The number of esters is 1. The SMILES string of the molecule is C=CCNC(=S)Nc1sc2c(c1C(=O)OCC)CC(C)(C)SC2. The number of anilines is 1. The van der Waals surface area contributed by atoms with Crippen LogP contribution < -0.4 is 10.6 Å². The van der Waals surface area contributed by atoms with Crippen LogP contribution in [0.5, 0.6) is 0 Å². The predicted octanol–water partition coefficient (Wildman–Crippen LogP) is 3.97. The van der Waals surface area contributed by atoms with Gasteiger partial charge in [-0.1, -0.05) is 19.9 Å². The van der Waals surface area contributed by atoms with E-state index in [-0.39, 0.29) is 10.7 Å². The number of carbonyl (C=O) groups excluding carboxylic acids is 1. The Bertz CT molecular complexity index is 623. The summed E-state index contributed by atoms with van der Waals surface area (Å²) in [5.41, 5.74) is 1.74. The van der Waals surface area contributed by atoms with E-state index in [0.29, 0.717) is 23.8 Å². The number of rotatable bonds is 5. The van der Waals surface area contributed by atoms with Gasteiger partial charge in [0.05, 0.1) is 12.2 Å². The number of thiocarbonyl (C=S) groups is 1. The average Bonchev–Trinajstić information content (AvgIpc) is 2.81. The molecule has 0 bridgehead atoms. The zero-order chi connectivity index (χ0) is 17.0. The summed E-state index contributed by atoms with van der Waals surface area (Å²) in [4.78, 5) is 13.7. The van der Waals surface area contributed by atoms with Crippen LogP contribution in [0.2, 0.25) is 0 Å². The second-order valence-electron chi connectivity index (χ2n) is 5.78. The van der Waals surface area contributed by atoms with Crippen LogP contribution in [-0.4, -0.2) is 29.0 Å². The van der Waals surface area contributed by atoms with Gasteiger partial charge in [-0.3, -0.25) is 0 Å². The van der Waals surface area contributed by atoms with E-state index in [2.05, 4.69) is 31.1 Å². The third-order valence-electron chi connectivity index (χ3n) is 3.40. The summed E-state index contributed by atoms with van der Waals surface area (Å²) in [6, 6.07) is 0. The fourth-order valence-electron chi connectivity index (χ4n) is 2.37. The van der Waals surface area contributed by atoms with Crippen LogP contribution in [0, 0.1) is 0 Å². The minimum Gasteiger partial charge on any atom is -0.462 e. The summed E-state index contributed by atoms with van der Waals surface area (Å²) in [6.07, 6.45) is 2.59. The fourth-order valence-corrected chi connectivity index (χ4v) is 4.98. The molecule has 23 heavy (non-hydrogen) atoms. The molecule has 1 aromatic rings. The summed E-state index contributed by atoms with van der Waals surface area (Å²) < 4.78 is 5.38. The third-order valence-corrected chi connectivity index (χ3v) is 6.34. The Kier molecular flexibility index (Phi) is 6.11. The van der Waals surface area contributed by atoms with E-state index in [1.54, 1.807) is 17.4 Å². The highest BCUT2D eigenvalue weighted by atomic mass is 32.2. The van der Waals surface area contributed by atoms with Crippen molar-refractivity contribution in [1.29, 1.82) is 0 Å². The topological polar surface area (TPSA) is 50.4 Å². The van der Waals surface area contributed by atoms with Gasteiger partial charge in [-0.2, -0.15) is 0 Å². The van der Waals surface area contributed by atoms with Crippen molar-refractivity contribution in [2.24, 2.45) is 0 Å². The smallest absolute Gasteiger partial charge is 0.341 e. The van der Waals surface area contributed by atoms with Crippen LogP contribution in [0.1, 0.15) is 41.6 Å². The van der Waals surface area contributed by atoms with Crippen molar-refractivity contribution >= 4 is 51.4 Å². The molecule has 7 heteroatoms. The van der Waals surface area contributed by atoms with Crippen molar-refractivity contribution in [3.63, 3.8) is 0 Å². The second-order valence-corrected chi connectivity index (χ2v) is 8.97. The van der Waals surface area contributed by atoms with Gasteiger partial charge in [0.1, 0.15) is 5.00 Å². The number of carbonyl (C=O) groups is 1. The van der Waals surface area contributed by atoms with Crippen LogP contribution in [0.4, 0.5) is 5.00 Å². The van der Waals surface area contributed by atoms with Gasteiger partial charge >= 0.3 is 5.97 Å². The van der Waals surface area contributed by atoms with Crippen molar-refractivity contribution in [2.75, 3.05) is 18.5 Å².